The van der Waals surface area contributed by atoms with Crippen LogP contribution in [-0.4, -0.2) is 33.9 Å². The molecule has 0 amide bonds. The van der Waals surface area contributed by atoms with E-state index < -0.39 is 6.04 Å². The molecule has 0 aliphatic carbocycles. The van der Waals surface area contributed by atoms with Crippen LogP contribution < -0.4 is 10.1 Å². The largest absolute Gasteiger partial charge is 0.494 e. The molecule has 1 N–H and O–H groups in total. The van der Waals surface area contributed by atoms with E-state index in [0.29, 0.717) is 39.8 Å². The predicted octanol–water partition coefficient (Wildman–Crippen LogP) is 5.86. The van der Waals surface area contributed by atoms with Crippen molar-refractivity contribution in [3.05, 3.63) is 76.0 Å². The number of allylic oxidation sites excluding steroid dienone is 1. The first-order valence-electron chi connectivity index (χ1n) is 11.2. The van der Waals surface area contributed by atoms with Crippen molar-refractivity contribution in [3.63, 3.8) is 0 Å². The number of halogens is 1. The minimum Gasteiger partial charge on any atom is -0.494 e. The Morgan fingerprint density at radius 3 is 2.79 bits per heavy atom. The molecule has 9 heteroatoms. The quantitative estimate of drug-likeness (QED) is 0.292. The van der Waals surface area contributed by atoms with Crippen molar-refractivity contribution >= 4 is 35.3 Å². The van der Waals surface area contributed by atoms with Crippen molar-refractivity contribution < 1.29 is 14.3 Å². The average molecular weight is 499 g/mol. The van der Waals surface area contributed by atoms with E-state index in [-0.39, 0.29) is 12.6 Å². The molecular weight excluding hydrogens is 472 g/mol. The molecule has 1 aromatic heterocycles. The number of esters is 1. The van der Waals surface area contributed by atoms with Gasteiger partial charge in [0.2, 0.25) is 11.1 Å². The number of rotatable bonds is 9. The fourth-order valence-electron chi connectivity index (χ4n) is 3.73. The number of nitrogens with one attached hydrogen (secondary N) is 1. The lowest BCUT2D eigenvalue weighted by Crippen LogP contribution is -2.29. The van der Waals surface area contributed by atoms with Crippen LogP contribution in [0.25, 0.3) is 0 Å². The predicted molar refractivity (Wildman–Crippen MR) is 134 cm³/mol. The third-order valence-corrected chi connectivity index (χ3v) is 6.54. The molecule has 1 unspecified atom stereocenters. The Morgan fingerprint density at radius 1 is 1.21 bits per heavy atom. The Hall–Kier alpha value is -2.97. The molecule has 0 fully saturated rings. The van der Waals surface area contributed by atoms with Crippen LogP contribution in [0.2, 0.25) is 5.02 Å². The number of benzene rings is 2. The van der Waals surface area contributed by atoms with Crippen molar-refractivity contribution in [2.75, 3.05) is 18.5 Å². The van der Waals surface area contributed by atoms with E-state index in [1.165, 1.54) is 11.8 Å². The molecule has 34 heavy (non-hydrogen) atoms. The summed E-state index contributed by atoms with van der Waals surface area (Å²) in [4.78, 5) is 17.7. The minimum atomic E-state index is -0.498. The summed E-state index contributed by atoms with van der Waals surface area (Å²) >= 11 is 7.79. The van der Waals surface area contributed by atoms with E-state index in [1.54, 1.807) is 11.6 Å². The second kappa shape index (κ2) is 11.0. The van der Waals surface area contributed by atoms with Crippen molar-refractivity contribution in [1.82, 2.24) is 14.8 Å². The van der Waals surface area contributed by atoms with Crippen molar-refractivity contribution in [2.24, 2.45) is 0 Å². The van der Waals surface area contributed by atoms with Gasteiger partial charge in [0, 0.05) is 16.5 Å². The molecule has 0 bridgehead atoms. The zero-order chi connectivity index (χ0) is 24.1. The fraction of sp³-hybridized carbons (Fsp3) is 0.320. The van der Waals surface area contributed by atoms with Crippen LogP contribution in [0.15, 0.2) is 65.0 Å². The van der Waals surface area contributed by atoms with Crippen LogP contribution in [0.4, 0.5) is 5.95 Å². The average Bonchev–Trinajstić information content (AvgIpc) is 3.24. The van der Waals surface area contributed by atoms with E-state index in [2.05, 4.69) is 17.2 Å². The minimum absolute atomic E-state index is 0.283. The Bertz CT molecular complexity index is 1210. The Balaban J connectivity index is 1.70. The number of hydrogen-bond acceptors (Lipinski definition) is 7. The molecule has 3 aromatic rings. The van der Waals surface area contributed by atoms with E-state index >= 15 is 0 Å². The van der Waals surface area contributed by atoms with Gasteiger partial charge >= 0.3 is 5.97 Å². The summed E-state index contributed by atoms with van der Waals surface area (Å²) in [6, 6.07) is 15.0. The molecular formula is C25H27ClN4O3S. The number of fused-ring (bicyclic) bond motifs is 1. The van der Waals surface area contributed by atoms with E-state index in [4.69, 9.17) is 26.2 Å². The first-order valence-corrected chi connectivity index (χ1v) is 12.6. The molecule has 0 spiro atoms. The van der Waals surface area contributed by atoms with Gasteiger partial charge in [-0.1, -0.05) is 60.6 Å². The highest BCUT2D eigenvalue weighted by Gasteiger charge is 2.35. The highest BCUT2D eigenvalue weighted by atomic mass is 35.5. The highest BCUT2D eigenvalue weighted by Crippen LogP contribution is 2.38. The summed E-state index contributed by atoms with van der Waals surface area (Å²) in [5, 5.41) is 9.27. The third-order valence-electron chi connectivity index (χ3n) is 5.29. The van der Waals surface area contributed by atoms with Gasteiger partial charge in [-0.15, -0.1) is 5.10 Å². The summed E-state index contributed by atoms with van der Waals surface area (Å²) in [5.41, 5.74) is 3.06. The number of ether oxygens (including phenoxy) is 2. The van der Waals surface area contributed by atoms with Gasteiger partial charge in [0.05, 0.1) is 18.8 Å². The normalized spacial score (nSPS) is 15.0. The number of thioether (sulfide) groups is 1. The van der Waals surface area contributed by atoms with Gasteiger partial charge < -0.3 is 14.8 Å². The molecule has 2 heterocycles. The van der Waals surface area contributed by atoms with Gasteiger partial charge in [0.25, 0.3) is 0 Å². The fourth-order valence-corrected chi connectivity index (χ4v) is 4.84. The van der Waals surface area contributed by atoms with Crippen LogP contribution in [0, 0.1) is 0 Å². The van der Waals surface area contributed by atoms with Crippen molar-refractivity contribution in [2.45, 2.75) is 44.1 Å². The van der Waals surface area contributed by atoms with E-state index in [0.717, 1.165) is 23.3 Å². The molecule has 7 nitrogen and oxygen atoms in total. The first kappa shape index (κ1) is 24.2. The monoisotopic (exact) mass is 498 g/mol. The van der Waals surface area contributed by atoms with E-state index in [1.807, 2.05) is 55.5 Å². The molecule has 178 valence electrons. The van der Waals surface area contributed by atoms with E-state index in [9.17, 15) is 4.79 Å². The summed E-state index contributed by atoms with van der Waals surface area (Å²) in [7, 11) is 0. The van der Waals surface area contributed by atoms with Gasteiger partial charge in [-0.05, 0) is 49.6 Å². The summed E-state index contributed by atoms with van der Waals surface area (Å²) in [6.07, 6.45) is 0.907. The zero-order valence-corrected chi connectivity index (χ0v) is 20.9. The maximum atomic E-state index is 13.0. The van der Waals surface area contributed by atoms with Gasteiger partial charge in [-0.2, -0.15) is 4.98 Å². The van der Waals surface area contributed by atoms with Crippen LogP contribution in [0.3, 0.4) is 0 Å². The standard InChI is InChI=1S/C25H27ClN4O3S/c1-4-13-33-19-11-8-10-17(14-19)22-21(23(31)32-5-2)16(3)27-24-28-25(29-30(22)24)34-15-18-9-6-7-12-20(18)26/h6-12,14,22H,4-5,13,15H2,1-3H3,(H,27,28,29). The lowest BCUT2D eigenvalue weighted by molar-refractivity contribution is -0.139. The summed E-state index contributed by atoms with van der Waals surface area (Å²) in [6.45, 7) is 6.61. The first-order chi connectivity index (χ1) is 16.5. The number of carbonyl (C=O) groups is 1. The number of carbonyl (C=O) groups excluding carboxylic acids is 1. The molecule has 0 saturated heterocycles. The van der Waals surface area contributed by atoms with Gasteiger partial charge in [0.15, 0.2) is 0 Å². The molecule has 4 rings (SSSR count). The Kier molecular flexibility index (Phi) is 7.80. The lowest BCUT2D eigenvalue weighted by Gasteiger charge is -2.28. The highest BCUT2D eigenvalue weighted by molar-refractivity contribution is 7.98. The van der Waals surface area contributed by atoms with Gasteiger partial charge in [-0.3, -0.25) is 0 Å². The molecule has 1 atom stereocenters. The van der Waals surface area contributed by atoms with Crippen molar-refractivity contribution in [1.29, 1.82) is 0 Å². The third kappa shape index (κ3) is 5.23. The SMILES string of the molecule is CCCOc1cccc(C2C(C(=O)OCC)=C(C)Nc3nc(SCc4ccccc4Cl)nn32)c1. The second-order valence-electron chi connectivity index (χ2n) is 7.75. The van der Waals surface area contributed by atoms with Crippen molar-refractivity contribution in [3.8, 4) is 5.75 Å². The number of nitrogens with zero attached hydrogens (tertiary/aromatic N) is 3. The Morgan fingerprint density at radius 2 is 2.03 bits per heavy atom. The lowest BCUT2D eigenvalue weighted by atomic mass is 9.95. The van der Waals surface area contributed by atoms with Crippen LogP contribution in [0.5, 0.6) is 5.75 Å². The molecule has 1 aliphatic rings. The number of hydrogen-bond donors (Lipinski definition) is 1. The number of anilines is 1. The summed E-state index contributed by atoms with van der Waals surface area (Å²) in [5.74, 6) is 1.56. The maximum Gasteiger partial charge on any atom is 0.338 e. The molecule has 0 radical (unpaired) electrons. The smallest absolute Gasteiger partial charge is 0.338 e. The van der Waals surface area contributed by atoms with Crippen LogP contribution >= 0.6 is 23.4 Å². The zero-order valence-electron chi connectivity index (χ0n) is 19.4. The van der Waals surface area contributed by atoms with Gasteiger partial charge in [0.1, 0.15) is 11.8 Å². The second-order valence-corrected chi connectivity index (χ2v) is 9.10. The van der Waals surface area contributed by atoms with Gasteiger partial charge in [-0.25, -0.2) is 9.48 Å². The molecule has 0 saturated carbocycles. The van der Waals surface area contributed by atoms with Crippen LogP contribution in [0.1, 0.15) is 44.4 Å². The molecule has 1 aliphatic heterocycles. The Labute approximate surface area is 208 Å². The van der Waals surface area contributed by atoms with Crippen LogP contribution in [-0.2, 0) is 15.3 Å². The maximum absolute atomic E-state index is 13.0. The number of aromatic nitrogens is 3. The molecule has 2 aromatic carbocycles. The summed E-state index contributed by atoms with van der Waals surface area (Å²) < 4.78 is 13.0. The topological polar surface area (TPSA) is 78.3 Å².